The van der Waals surface area contributed by atoms with Gasteiger partial charge in [0.15, 0.2) is 0 Å². The van der Waals surface area contributed by atoms with Crippen molar-refractivity contribution >= 4 is 0 Å². The van der Waals surface area contributed by atoms with Gasteiger partial charge >= 0.3 is 0 Å². The maximum Gasteiger partial charge on any atom is 0.0702 e. The van der Waals surface area contributed by atoms with E-state index in [-0.39, 0.29) is 5.54 Å². The highest BCUT2D eigenvalue weighted by Gasteiger charge is 2.37. The highest BCUT2D eigenvalue weighted by atomic mass is 16.5. The second kappa shape index (κ2) is 7.43. The van der Waals surface area contributed by atoms with Crippen molar-refractivity contribution < 1.29 is 9.47 Å². The van der Waals surface area contributed by atoms with Crippen LogP contribution in [0.2, 0.25) is 0 Å². The zero-order valence-electron chi connectivity index (χ0n) is 12.4. The Balaban J connectivity index is 2.65. The Bertz CT molecular complexity index is 230. The van der Waals surface area contributed by atoms with Crippen molar-refractivity contribution in [2.24, 2.45) is 11.7 Å². The Morgan fingerprint density at radius 2 is 2.17 bits per heavy atom. The van der Waals surface area contributed by atoms with E-state index < -0.39 is 0 Å². The van der Waals surface area contributed by atoms with Gasteiger partial charge in [0.1, 0.15) is 0 Å². The standard InChI is InChI=1S/C14H30N2O2/c1-12(2)14(10-15,11-17-4)16(3)9-13-7-5-6-8-18-13/h12-13H,5-11,15H2,1-4H3. The molecule has 1 aliphatic heterocycles. The van der Waals surface area contributed by atoms with Gasteiger partial charge in [0, 0.05) is 26.8 Å². The summed E-state index contributed by atoms with van der Waals surface area (Å²) >= 11 is 0. The van der Waals surface area contributed by atoms with E-state index in [0.717, 1.165) is 19.6 Å². The molecule has 108 valence electrons. The SMILES string of the molecule is COCC(CN)(C(C)C)N(C)CC1CCCCO1. The zero-order valence-corrected chi connectivity index (χ0v) is 12.4. The highest BCUT2D eigenvalue weighted by molar-refractivity contribution is 4.94. The number of ether oxygens (including phenoxy) is 2. The first kappa shape index (κ1) is 15.9. The van der Waals surface area contributed by atoms with Gasteiger partial charge in [0.2, 0.25) is 0 Å². The van der Waals surface area contributed by atoms with E-state index in [1.807, 2.05) is 0 Å². The van der Waals surface area contributed by atoms with Crippen molar-refractivity contribution in [2.75, 3.05) is 40.5 Å². The molecule has 0 saturated carbocycles. The summed E-state index contributed by atoms with van der Waals surface area (Å²) in [6, 6.07) is 0. The van der Waals surface area contributed by atoms with Gasteiger partial charge in [-0.3, -0.25) is 4.90 Å². The monoisotopic (exact) mass is 258 g/mol. The van der Waals surface area contributed by atoms with Crippen LogP contribution in [-0.4, -0.2) is 57.0 Å². The molecule has 0 aromatic rings. The van der Waals surface area contributed by atoms with Crippen LogP contribution in [0.1, 0.15) is 33.1 Å². The summed E-state index contributed by atoms with van der Waals surface area (Å²) < 4.78 is 11.2. The fourth-order valence-corrected chi connectivity index (χ4v) is 2.86. The van der Waals surface area contributed by atoms with Crippen LogP contribution in [0.3, 0.4) is 0 Å². The van der Waals surface area contributed by atoms with E-state index in [1.165, 1.54) is 12.8 Å². The molecule has 0 spiro atoms. The summed E-state index contributed by atoms with van der Waals surface area (Å²) in [4.78, 5) is 2.34. The Labute approximate surface area is 112 Å². The number of rotatable bonds is 7. The fourth-order valence-electron chi connectivity index (χ4n) is 2.86. The van der Waals surface area contributed by atoms with Gasteiger partial charge in [-0.15, -0.1) is 0 Å². The minimum atomic E-state index is -0.0877. The lowest BCUT2D eigenvalue weighted by atomic mass is 9.85. The number of methoxy groups -OCH3 is 1. The summed E-state index contributed by atoms with van der Waals surface area (Å²) in [7, 11) is 3.89. The van der Waals surface area contributed by atoms with Gasteiger partial charge in [0.05, 0.1) is 18.2 Å². The molecule has 1 aliphatic rings. The molecule has 2 unspecified atom stereocenters. The summed E-state index contributed by atoms with van der Waals surface area (Å²) in [6.07, 6.45) is 3.99. The van der Waals surface area contributed by atoms with Gasteiger partial charge in [-0.2, -0.15) is 0 Å². The maximum absolute atomic E-state index is 6.04. The third-order valence-corrected chi connectivity index (χ3v) is 4.33. The lowest BCUT2D eigenvalue weighted by Crippen LogP contribution is -2.60. The normalized spacial score (nSPS) is 24.5. The molecule has 1 heterocycles. The molecule has 2 atom stereocenters. The van der Waals surface area contributed by atoms with Crippen molar-refractivity contribution in [3.8, 4) is 0 Å². The molecular weight excluding hydrogens is 228 g/mol. The van der Waals surface area contributed by atoms with Crippen LogP contribution in [0.4, 0.5) is 0 Å². The first-order valence-corrected chi connectivity index (χ1v) is 7.08. The predicted octanol–water partition coefficient (Wildman–Crippen LogP) is 1.49. The molecule has 1 rings (SSSR count). The number of nitrogens with zero attached hydrogens (tertiary/aromatic N) is 1. The molecule has 18 heavy (non-hydrogen) atoms. The molecule has 0 bridgehead atoms. The minimum absolute atomic E-state index is 0.0877. The Morgan fingerprint density at radius 1 is 1.44 bits per heavy atom. The smallest absolute Gasteiger partial charge is 0.0702 e. The molecule has 4 nitrogen and oxygen atoms in total. The molecule has 4 heteroatoms. The van der Waals surface area contributed by atoms with Crippen LogP contribution in [0.25, 0.3) is 0 Å². The minimum Gasteiger partial charge on any atom is -0.383 e. The largest absolute Gasteiger partial charge is 0.383 e. The highest BCUT2D eigenvalue weighted by Crippen LogP contribution is 2.25. The number of hydrogen-bond donors (Lipinski definition) is 1. The summed E-state index contributed by atoms with van der Waals surface area (Å²) in [5, 5.41) is 0. The molecule has 1 fully saturated rings. The molecule has 1 saturated heterocycles. The topological polar surface area (TPSA) is 47.7 Å². The lowest BCUT2D eigenvalue weighted by Gasteiger charge is -2.45. The fraction of sp³-hybridized carbons (Fsp3) is 1.00. The Hall–Kier alpha value is -0.160. The Morgan fingerprint density at radius 3 is 2.61 bits per heavy atom. The van der Waals surface area contributed by atoms with E-state index in [9.17, 15) is 0 Å². The van der Waals surface area contributed by atoms with Crippen LogP contribution < -0.4 is 5.73 Å². The van der Waals surface area contributed by atoms with Gasteiger partial charge in [-0.1, -0.05) is 13.8 Å². The molecule has 0 amide bonds. The zero-order chi connectivity index (χ0) is 13.6. The van der Waals surface area contributed by atoms with Gasteiger partial charge < -0.3 is 15.2 Å². The van der Waals surface area contributed by atoms with Crippen molar-refractivity contribution in [3.63, 3.8) is 0 Å². The summed E-state index contributed by atoms with van der Waals surface area (Å²) in [5.41, 5.74) is 5.95. The third kappa shape index (κ3) is 3.67. The van der Waals surface area contributed by atoms with Crippen LogP contribution >= 0.6 is 0 Å². The quantitative estimate of drug-likeness (QED) is 0.751. The first-order valence-electron chi connectivity index (χ1n) is 7.08. The van der Waals surface area contributed by atoms with E-state index in [0.29, 0.717) is 25.2 Å². The second-order valence-corrected chi connectivity index (χ2v) is 5.76. The Kier molecular flexibility index (Phi) is 6.57. The predicted molar refractivity (Wildman–Crippen MR) is 74.7 cm³/mol. The number of likely N-dealkylation sites (N-methyl/N-ethyl adjacent to an activating group) is 1. The molecule has 0 aliphatic carbocycles. The molecule has 0 radical (unpaired) electrons. The summed E-state index contributed by atoms with van der Waals surface area (Å²) in [6.45, 7) is 7.55. The number of nitrogens with two attached hydrogens (primary N) is 1. The van der Waals surface area contributed by atoms with E-state index >= 15 is 0 Å². The van der Waals surface area contributed by atoms with Gasteiger partial charge in [-0.05, 0) is 32.2 Å². The molecule has 0 aromatic carbocycles. The first-order chi connectivity index (χ1) is 8.56. The van der Waals surface area contributed by atoms with Crippen LogP contribution in [0.5, 0.6) is 0 Å². The molecule has 2 N–H and O–H groups in total. The average Bonchev–Trinajstić information content (AvgIpc) is 2.36. The van der Waals surface area contributed by atoms with Crippen molar-refractivity contribution in [3.05, 3.63) is 0 Å². The van der Waals surface area contributed by atoms with Gasteiger partial charge in [-0.25, -0.2) is 0 Å². The second-order valence-electron chi connectivity index (χ2n) is 5.76. The number of hydrogen-bond acceptors (Lipinski definition) is 4. The van der Waals surface area contributed by atoms with Crippen molar-refractivity contribution in [2.45, 2.75) is 44.8 Å². The van der Waals surface area contributed by atoms with Crippen molar-refractivity contribution in [1.82, 2.24) is 4.90 Å². The summed E-state index contributed by atoms with van der Waals surface area (Å²) in [5.74, 6) is 0.455. The van der Waals surface area contributed by atoms with E-state index in [2.05, 4.69) is 25.8 Å². The van der Waals surface area contributed by atoms with Crippen LogP contribution in [0.15, 0.2) is 0 Å². The van der Waals surface area contributed by atoms with E-state index in [1.54, 1.807) is 7.11 Å². The molecular formula is C14H30N2O2. The maximum atomic E-state index is 6.04. The van der Waals surface area contributed by atoms with E-state index in [4.69, 9.17) is 15.2 Å². The third-order valence-electron chi connectivity index (χ3n) is 4.33. The molecule has 0 aromatic heterocycles. The lowest BCUT2D eigenvalue weighted by molar-refractivity contribution is -0.0532. The van der Waals surface area contributed by atoms with Gasteiger partial charge in [0.25, 0.3) is 0 Å². The van der Waals surface area contributed by atoms with Crippen LogP contribution in [0, 0.1) is 5.92 Å². The van der Waals surface area contributed by atoms with Crippen molar-refractivity contribution in [1.29, 1.82) is 0 Å². The van der Waals surface area contributed by atoms with Crippen LogP contribution in [-0.2, 0) is 9.47 Å². The average molecular weight is 258 g/mol.